The monoisotopic (exact) mass is 235 g/mol. The molecular weight excluding hydrogens is 226 g/mol. The minimum Gasteiger partial charge on any atom is -0.326 e. The third-order valence-electron chi connectivity index (χ3n) is 2.00. The van der Waals surface area contributed by atoms with Gasteiger partial charge < -0.3 is 5.32 Å². The van der Waals surface area contributed by atoms with E-state index in [9.17, 15) is 22.4 Å². The highest BCUT2D eigenvalue weighted by Gasteiger charge is 2.35. The zero-order chi connectivity index (χ0) is 12.5. The van der Waals surface area contributed by atoms with E-state index in [-0.39, 0.29) is 11.3 Å². The van der Waals surface area contributed by atoms with Gasteiger partial charge in [-0.1, -0.05) is 0 Å². The highest BCUT2D eigenvalue weighted by atomic mass is 19.4. The van der Waals surface area contributed by atoms with Crippen molar-refractivity contribution in [3.63, 3.8) is 0 Å². The molecule has 0 unspecified atom stereocenters. The SMILES string of the molecule is CC(=O)Nc1ccc(C(F)(F)F)c(F)c1C. The molecule has 0 aliphatic rings. The molecule has 0 saturated carbocycles. The maximum absolute atomic E-state index is 13.3. The van der Waals surface area contributed by atoms with Crippen molar-refractivity contribution in [1.82, 2.24) is 0 Å². The molecule has 1 N–H and O–H groups in total. The van der Waals surface area contributed by atoms with Crippen molar-refractivity contribution >= 4 is 11.6 Å². The molecule has 0 aliphatic carbocycles. The van der Waals surface area contributed by atoms with Gasteiger partial charge in [0.2, 0.25) is 5.91 Å². The van der Waals surface area contributed by atoms with Gasteiger partial charge in [0.25, 0.3) is 0 Å². The van der Waals surface area contributed by atoms with Crippen molar-refractivity contribution in [2.45, 2.75) is 20.0 Å². The molecule has 1 aromatic rings. The van der Waals surface area contributed by atoms with Gasteiger partial charge >= 0.3 is 6.18 Å². The van der Waals surface area contributed by atoms with Gasteiger partial charge in [0.15, 0.2) is 0 Å². The highest BCUT2D eigenvalue weighted by Crippen LogP contribution is 2.34. The van der Waals surface area contributed by atoms with Crippen LogP contribution in [-0.4, -0.2) is 5.91 Å². The molecule has 0 saturated heterocycles. The Kier molecular flexibility index (Phi) is 3.21. The molecule has 16 heavy (non-hydrogen) atoms. The first kappa shape index (κ1) is 12.5. The van der Waals surface area contributed by atoms with Crippen molar-refractivity contribution in [1.29, 1.82) is 0 Å². The number of amides is 1. The topological polar surface area (TPSA) is 29.1 Å². The average Bonchev–Trinajstić information content (AvgIpc) is 2.10. The number of hydrogen-bond acceptors (Lipinski definition) is 1. The molecule has 0 aromatic heterocycles. The molecule has 6 heteroatoms. The van der Waals surface area contributed by atoms with Crippen LogP contribution >= 0.6 is 0 Å². The molecule has 0 heterocycles. The first-order chi connectivity index (χ1) is 7.23. The fraction of sp³-hybridized carbons (Fsp3) is 0.300. The van der Waals surface area contributed by atoms with Gasteiger partial charge in [-0.05, 0) is 19.1 Å². The standard InChI is InChI=1S/C10H9F4NO/c1-5-8(15-6(2)16)4-3-7(9(5)11)10(12,13)14/h3-4H,1-2H3,(H,15,16). The Morgan fingerprint density at radius 1 is 1.31 bits per heavy atom. The van der Waals surface area contributed by atoms with Crippen LogP contribution in [0.4, 0.5) is 23.2 Å². The van der Waals surface area contributed by atoms with E-state index >= 15 is 0 Å². The molecule has 0 fully saturated rings. The third kappa shape index (κ3) is 2.50. The molecule has 0 radical (unpaired) electrons. The predicted octanol–water partition coefficient (Wildman–Crippen LogP) is 3.11. The van der Waals surface area contributed by atoms with Crippen LogP contribution < -0.4 is 5.32 Å². The first-order valence-electron chi connectivity index (χ1n) is 4.37. The van der Waals surface area contributed by atoms with Crippen LogP contribution in [0.25, 0.3) is 0 Å². The summed E-state index contributed by atoms with van der Waals surface area (Å²) in [6.07, 6.45) is -4.73. The molecule has 88 valence electrons. The van der Waals surface area contributed by atoms with Crippen LogP contribution in [0.2, 0.25) is 0 Å². The van der Waals surface area contributed by atoms with Gasteiger partial charge in [-0.2, -0.15) is 13.2 Å². The summed E-state index contributed by atoms with van der Waals surface area (Å²) in [5, 5.41) is 2.25. The molecular formula is C10H9F4NO. The van der Waals surface area contributed by atoms with E-state index in [0.717, 1.165) is 6.07 Å². The summed E-state index contributed by atoms with van der Waals surface area (Å²) in [6.45, 7) is 2.37. The van der Waals surface area contributed by atoms with Crippen LogP contribution in [0.1, 0.15) is 18.1 Å². The number of carbonyl (C=O) groups excluding carboxylic acids is 1. The summed E-state index contributed by atoms with van der Waals surface area (Å²) in [7, 11) is 0. The largest absolute Gasteiger partial charge is 0.419 e. The average molecular weight is 235 g/mol. The second-order valence-corrected chi connectivity index (χ2v) is 3.28. The number of rotatable bonds is 1. The third-order valence-corrected chi connectivity index (χ3v) is 2.00. The number of alkyl halides is 3. The Bertz CT molecular complexity index is 426. The Balaban J connectivity index is 3.24. The Morgan fingerprint density at radius 3 is 2.31 bits per heavy atom. The number of anilines is 1. The van der Waals surface area contributed by atoms with Gasteiger partial charge in [0.05, 0.1) is 5.56 Å². The molecule has 1 rings (SSSR count). The molecule has 0 aliphatic heterocycles. The quantitative estimate of drug-likeness (QED) is 0.744. The van der Waals surface area contributed by atoms with Crippen LogP contribution in [0.5, 0.6) is 0 Å². The Hall–Kier alpha value is -1.59. The zero-order valence-corrected chi connectivity index (χ0v) is 8.57. The molecule has 2 nitrogen and oxygen atoms in total. The van der Waals surface area contributed by atoms with E-state index in [1.165, 1.54) is 13.8 Å². The molecule has 1 aromatic carbocycles. The Labute approximate surface area is 89.3 Å². The molecule has 0 atom stereocenters. The fourth-order valence-corrected chi connectivity index (χ4v) is 1.23. The lowest BCUT2D eigenvalue weighted by Gasteiger charge is -2.13. The summed E-state index contributed by atoms with van der Waals surface area (Å²) in [5.41, 5.74) is -1.53. The minimum absolute atomic E-state index is 0.0398. The van der Waals surface area contributed by atoms with Gasteiger partial charge in [-0.3, -0.25) is 4.79 Å². The second kappa shape index (κ2) is 4.11. The van der Waals surface area contributed by atoms with Crippen LogP contribution in [-0.2, 0) is 11.0 Å². The van der Waals surface area contributed by atoms with E-state index < -0.39 is 23.5 Å². The van der Waals surface area contributed by atoms with Crippen LogP contribution in [0.15, 0.2) is 12.1 Å². The Morgan fingerprint density at radius 2 is 1.88 bits per heavy atom. The second-order valence-electron chi connectivity index (χ2n) is 3.28. The van der Waals surface area contributed by atoms with E-state index in [1.54, 1.807) is 0 Å². The van der Waals surface area contributed by atoms with Gasteiger partial charge in [0.1, 0.15) is 5.82 Å². The van der Waals surface area contributed by atoms with E-state index in [4.69, 9.17) is 0 Å². The lowest BCUT2D eigenvalue weighted by molar-refractivity contribution is -0.140. The van der Waals surface area contributed by atoms with E-state index in [1.807, 2.05) is 0 Å². The van der Waals surface area contributed by atoms with Gasteiger partial charge in [-0.25, -0.2) is 4.39 Å². The van der Waals surface area contributed by atoms with E-state index in [0.29, 0.717) is 6.07 Å². The number of benzene rings is 1. The maximum atomic E-state index is 13.3. The summed E-state index contributed by atoms with van der Waals surface area (Å²) < 4.78 is 50.2. The normalized spacial score (nSPS) is 11.4. The summed E-state index contributed by atoms with van der Waals surface area (Å²) in [6, 6.07) is 1.64. The first-order valence-corrected chi connectivity index (χ1v) is 4.37. The smallest absolute Gasteiger partial charge is 0.326 e. The zero-order valence-electron chi connectivity index (χ0n) is 8.57. The molecule has 0 bridgehead atoms. The predicted molar refractivity (Wildman–Crippen MR) is 50.4 cm³/mol. The van der Waals surface area contributed by atoms with E-state index in [2.05, 4.69) is 5.32 Å². The maximum Gasteiger partial charge on any atom is 0.419 e. The lowest BCUT2D eigenvalue weighted by atomic mass is 10.1. The molecule has 0 spiro atoms. The summed E-state index contributed by atoms with van der Waals surface area (Å²) >= 11 is 0. The highest BCUT2D eigenvalue weighted by molar-refractivity contribution is 5.89. The van der Waals surface area contributed by atoms with Gasteiger partial charge in [0, 0.05) is 18.2 Å². The van der Waals surface area contributed by atoms with Crippen molar-refractivity contribution in [3.8, 4) is 0 Å². The number of nitrogens with one attached hydrogen (secondary N) is 1. The van der Waals surface area contributed by atoms with Crippen LogP contribution in [0.3, 0.4) is 0 Å². The van der Waals surface area contributed by atoms with Crippen LogP contribution in [0, 0.1) is 12.7 Å². The summed E-state index contributed by atoms with van der Waals surface area (Å²) in [4.78, 5) is 10.7. The van der Waals surface area contributed by atoms with Crippen molar-refractivity contribution < 1.29 is 22.4 Å². The number of carbonyl (C=O) groups is 1. The van der Waals surface area contributed by atoms with Gasteiger partial charge in [-0.15, -0.1) is 0 Å². The number of halogens is 4. The van der Waals surface area contributed by atoms with Crippen molar-refractivity contribution in [2.75, 3.05) is 5.32 Å². The number of hydrogen-bond donors (Lipinski definition) is 1. The minimum atomic E-state index is -4.73. The van der Waals surface area contributed by atoms with Crippen molar-refractivity contribution in [3.05, 3.63) is 29.1 Å². The fourth-order valence-electron chi connectivity index (χ4n) is 1.23. The molecule has 1 amide bonds. The van der Waals surface area contributed by atoms with Crippen molar-refractivity contribution in [2.24, 2.45) is 0 Å². The lowest BCUT2D eigenvalue weighted by Crippen LogP contribution is -2.12. The summed E-state index contributed by atoms with van der Waals surface area (Å²) in [5.74, 6) is -1.83.